The summed E-state index contributed by atoms with van der Waals surface area (Å²) in [5.41, 5.74) is 7.84. The van der Waals surface area contributed by atoms with Crippen LogP contribution in [0.5, 0.6) is 28.7 Å². The van der Waals surface area contributed by atoms with Crippen LogP contribution >= 0.6 is 0 Å². The van der Waals surface area contributed by atoms with Crippen molar-refractivity contribution in [2.75, 3.05) is 73.4 Å². The topological polar surface area (TPSA) is 175 Å². The monoisotopic (exact) mass is 641 g/mol. The van der Waals surface area contributed by atoms with Gasteiger partial charge in [0.25, 0.3) is 0 Å². The maximum atomic E-state index is 13.3. The largest absolute Gasteiger partial charge is 0.502 e. The smallest absolute Gasteiger partial charge is 0.310 e. The lowest BCUT2D eigenvalue weighted by atomic mass is 9.65. The van der Waals surface area contributed by atoms with Gasteiger partial charge in [0.2, 0.25) is 18.4 Å². The van der Waals surface area contributed by atoms with Crippen molar-refractivity contribution < 1.29 is 38.4 Å². The third kappa shape index (κ3) is 7.60. The third-order valence-corrected chi connectivity index (χ3v) is 8.87. The highest BCUT2D eigenvalue weighted by atomic mass is 16.7. The molecule has 5 rings (SSSR count). The Hall–Kier alpha value is -3.78. The summed E-state index contributed by atoms with van der Waals surface area (Å²) in [5.74, 6) is -0.468. The number of benzene rings is 2. The van der Waals surface area contributed by atoms with Gasteiger partial charge in [-0.25, -0.2) is 0 Å². The van der Waals surface area contributed by atoms with Gasteiger partial charge in [0.1, 0.15) is 0 Å². The van der Waals surface area contributed by atoms with Crippen LogP contribution in [0.2, 0.25) is 0 Å². The number of hydrogen-bond acceptors (Lipinski definition) is 12. The van der Waals surface area contributed by atoms with E-state index in [4.69, 9.17) is 29.4 Å². The van der Waals surface area contributed by atoms with Crippen molar-refractivity contribution in [3.63, 3.8) is 0 Å². The molecule has 1 aliphatic carbocycles. The standard InChI is InChI=1S/C33H47N5O8/c1-42-26-13-20(14-27(43-2)32(26)40)29-21-15-24-25(46-19-45-24)16-22(21)31(23-18-44-33(41)30(23)29)38-28(39)17-37-12-6-11-36-9-4-3-8-35-10-5-7-34/h13-16,23,29-31,35-37,40H,3-12,17-19,34H2,1-2H3,(H,38,39)/t23?,29-,30+,31?/m1/s1. The Labute approximate surface area is 269 Å². The summed E-state index contributed by atoms with van der Waals surface area (Å²) in [6.45, 7) is 5.62. The summed E-state index contributed by atoms with van der Waals surface area (Å²) in [4.78, 5) is 26.6. The van der Waals surface area contributed by atoms with Crippen LogP contribution in [0.15, 0.2) is 24.3 Å². The summed E-state index contributed by atoms with van der Waals surface area (Å²) in [7, 11) is 2.92. The van der Waals surface area contributed by atoms with Crippen molar-refractivity contribution in [3.05, 3.63) is 41.0 Å². The highest BCUT2D eigenvalue weighted by Gasteiger charge is 2.53. The first-order chi connectivity index (χ1) is 22.5. The number of hydrogen-bond donors (Lipinski definition) is 6. The number of phenols is 1. The fourth-order valence-corrected chi connectivity index (χ4v) is 6.58. The molecule has 0 spiro atoms. The Morgan fingerprint density at radius 2 is 1.48 bits per heavy atom. The van der Waals surface area contributed by atoms with Gasteiger partial charge in [0.05, 0.1) is 39.3 Å². The number of methoxy groups -OCH3 is 2. The molecule has 2 aromatic carbocycles. The summed E-state index contributed by atoms with van der Waals surface area (Å²) < 4.78 is 27.9. The van der Waals surface area contributed by atoms with Gasteiger partial charge < -0.3 is 55.8 Å². The molecule has 2 unspecified atom stereocenters. The second-order valence-electron chi connectivity index (χ2n) is 11.8. The van der Waals surface area contributed by atoms with Crippen molar-refractivity contribution in [3.8, 4) is 28.7 Å². The normalized spacial score (nSPS) is 21.0. The van der Waals surface area contributed by atoms with Crippen LogP contribution in [0.25, 0.3) is 0 Å². The Morgan fingerprint density at radius 1 is 0.870 bits per heavy atom. The highest BCUT2D eigenvalue weighted by molar-refractivity contribution is 5.81. The fraction of sp³-hybridized carbons (Fsp3) is 0.576. The molecule has 3 aliphatic rings. The zero-order chi connectivity index (χ0) is 32.5. The molecule has 13 heteroatoms. The quantitative estimate of drug-likeness (QED) is 0.102. The van der Waals surface area contributed by atoms with E-state index < -0.39 is 17.9 Å². The first kappa shape index (κ1) is 33.6. The average Bonchev–Trinajstić information content (AvgIpc) is 3.68. The number of nitrogens with one attached hydrogen (secondary N) is 4. The summed E-state index contributed by atoms with van der Waals surface area (Å²) in [6.07, 6.45) is 4.13. The molecule has 1 saturated heterocycles. The lowest BCUT2D eigenvalue weighted by Crippen LogP contribution is -2.45. The van der Waals surface area contributed by atoms with E-state index in [1.54, 1.807) is 12.1 Å². The molecule has 0 bridgehead atoms. The molecular weight excluding hydrogens is 594 g/mol. The SMILES string of the molecule is COc1cc([C@@H]2c3cc4c(cc3C(NC(=O)CNCCCNCCCCNCCCN)C3COC(=O)[C@@H]32)OCO4)cc(OC)c1O. The van der Waals surface area contributed by atoms with Gasteiger partial charge in [-0.05, 0) is 106 Å². The molecule has 2 aliphatic heterocycles. The number of rotatable bonds is 18. The second-order valence-corrected chi connectivity index (χ2v) is 11.8. The van der Waals surface area contributed by atoms with E-state index in [0.717, 1.165) is 69.5 Å². The van der Waals surface area contributed by atoms with Crippen molar-refractivity contribution in [2.45, 2.75) is 37.6 Å². The van der Waals surface area contributed by atoms with Gasteiger partial charge in [-0.15, -0.1) is 0 Å². The molecule has 7 N–H and O–H groups in total. The minimum Gasteiger partial charge on any atom is -0.502 e. The molecule has 2 aromatic rings. The van der Waals surface area contributed by atoms with E-state index in [1.807, 2.05) is 12.1 Å². The van der Waals surface area contributed by atoms with E-state index >= 15 is 0 Å². The Balaban J connectivity index is 1.23. The van der Waals surface area contributed by atoms with E-state index in [1.165, 1.54) is 14.2 Å². The van der Waals surface area contributed by atoms with Gasteiger partial charge in [0, 0.05) is 11.8 Å². The summed E-state index contributed by atoms with van der Waals surface area (Å²) >= 11 is 0. The predicted octanol–water partition coefficient (Wildman–Crippen LogP) is 1.52. The molecule has 0 radical (unpaired) electrons. The Kier molecular flexibility index (Phi) is 11.8. The third-order valence-electron chi connectivity index (χ3n) is 8.87. The number of amides is 1. The molecule has 4 atom stereocenters. The Morgan fingerprint density at radius 3 is 2.13 bits per heavy atom. The number of nitrogens with two attached hydrogens (primary N) is 1. The van der Waals surface area contributed by atoms with Crippen LogP contribution < -0.4 is 45.9 Å². The van der Waals surface area contributed by atoms with Crippen LogP contribution in [0.4, 0.5) is 0 Å². The average molecular weight is 642 g/mol. The van der Waals surface area contributed by atoms with E-state index in [2.05, 4.69) is 21.3 Å². The summed E-state index contributed by atoms with van der Waals surface area (Å²) in [5, 5.41) is 23.8. The zero-order valence-corrected chi connectivity index (χ0v) is 26.7. The Bertz CT molecular complexity index is 1330. The van der Waals surface area contributed by atoms with E-state index in [9.17, 15) is 14.7 Å². The fourth-order valence-electron chi connectivity index (χ4n) is 6.58. The molecule has 0 saturated carbocycles. The van der Waals surface area contributed by atoms with Gasteiger partial charge >= 0.3 is 5.97 Å². The molecular formula is C33H47N5O8. The summed E-state index contributed by atoms with van der Waals surface area (Å²) in [6, 6.07) is 6.69. The lowest BCUT2D eigenvalue weighted by Gasteiger charge is -2.39. The van der Waals surface area contributed by atoms with Gasteiger partial charge in [-0.3, -0.25) is 9.59 Å². The number of fused-ring (bicyclic) bond motifs is 3. The van der Waals surface area contributed by atoms with Crippen molar-refractivity contribution >= 4 is 11.9 Å². The number of carbonyl (C=O) groups is 2. The minimum atomic E-state index is -0.599. The molecule has 13 nitrogen and oxygen atoms in total. The lowest BCUT2D eigenvalue weighted by molar-refractivity contribution is -0.141. The van der Waals surface area contributed by atoms with Gasteiger partial charge in [-0.1, -0.05) is 0 Å². The molecule has 1 fully saturated rings. The van der Waals surface area contributed by atoms with Crippen LogP contribution in [-0.2, 0) is 14.3 Å². The second kappa shape index (κ2) is 16.2. The zero-order valence-electron chi connectivity index (χ0n) is 26.7. The first-order valence-corrected chi connectivity index (χ1v) is 16.1. The minimum absolute atomic E-state index is 0.0842. The number of ether oxygens (including phenoxy) is 5. The van der Waals surface area contributed by atoms with Crippen LogP contribution in [0.1, 0.15) is 54.3 Å². The molecule has 0 aromatic heterocycles. The maximum Gasteiger partial charge on any atom is 0.310 e. The van der Waals surface area contributed by atoms with Crippen molar-refractivity contribution in [2.24, 2.45) is 17.6 Å². The first-order valence-electron chi connectivity index (χ1n) is 16.1. The van der Waals surface area contributed by atoms with Crippen LogP contribution in [-0.4, -0.2) is 90.4 Å². The van der Waals surface area contributed by atoms with Crippen molar-refractivity contribution in [1.29, 1.82) is 0 Å². The molecule has 46 heavy (non-hydrogen) atoms. The number of aromatic hydroxyl groups is 1. The van der Waals surface area contributed by atoms with Crippen molar-refractivity contribution in [1.82, 2.24) is 21.3 Å². The maximum absolute atomic E-state index is 13.3. The number of carbonyl (C=O) groups excluding carboxylic acids is 2. The van der Waals surface area contributed by atoms with Gasteiger partial charge in [-0.2, -0.15) is 0 Å². The van der Waals surface area contributed by atoms with Gasteiger partial charge in [0.15, 0.2) is 23.0 Å². The molecule has 1 amide bonds. The number of unbranched alkanes of at least 4 members (excludes halogenated alkanes) is 1. The molecule has 2 heterocycles. The number of phenolic OH excluding ortho intramolecular Hbond substituents is 1. The highest BCUT2D eigenvalue weighted by Crippen LogP contribution is 2.55. The van der Waals surface area contributed by atoms with E-state index in [0.29, 0.717) is 23.6 Å². The predicted molar refractivity (Wildman–Crippen MR) is 171 cm³/mol. The number of esters is 1. The van der Waals surface area contributed by atoms with Crippen LogP contribution in [0.3, 0.4) is 0 Å². The van der Waals surface area contributed by atoms with E-state index in [-0.39, 0.29) is 55.0 Å². The van der Waals surface area contributed by atoms with Crippen LogP contribution in [0, 0.1) is 11.8 Å². The molecule has 252 valence electrons. The number of cyclic esters (lactones) is 1.